The van der Waals surface area contributed by atoms with Gasteiger partial charge in [0.05, 0.1) is 17.8 Å². The van der Waals surface area contributed by atoms with E-state index in [0.717, 1.165) is 5.69 Å². The average Bonchev–Trinajstić information content (AvgIpc) is 3.01. The van der Waals surface area contributed by atoms with Gasteiger partial charge in [-0.15, -0.1) is 5.10 Å². The van der Waals surface area contributed by atoms with Crippen molar-refractivity contribution in [1.82, 2.24) is 20.3 Å². The van der Waals surface area contributed by atoms with Crippen LogP contribution in [0.1, 0.15) is 30.8 Å². The highest BCUT2D eigenvalue weighted by molar-refractivity contribution is 5.92. The molecule has 2 rings (SSSR count). The number of amides is 1. The highest BCUT2D eigenvalue weighted by Gasteiger charge is 2.21. The molecule has 0 radical (unpaired) electrons. The molecular formula is C16H20N4O3. The van der Waals surface area contributed by atoms with Gasteiger partial charge in [-0.3, -0.25) is 9.59 Å². The molecule has 23 heavy (non-hydrogen) atoms. The van der Waals surface area contributed by atoms with Crippen molar-refractivity contribution in [3.05, 3.63) is 42.2 Å². The van der Waals surface area contributed by atoms with Gasteiger partial charge < -0.3 is 10.4 Å². The van der Waals surface area contributed by atoms with Crippen molar-refractivity contribution in [1.29, 1.82) is 0 Å². The van der Waals surface area contributed by atoms with E-state index in [1.807, 2.05) is 44.2 Å². The Bertz CT molecular complexity index is 667. The molecule has 1 aromatic carbocycles. The number of nitrogens with zero attached hydrogens (tertiary/aromatic N) is 3. The molecule has 0 saturated carbocycles. The Morgan fingerprint density at radius 2 is 1.96 bits per heavy atom. The number of hydrogen-bond donors (Lipinski definition) is 2. The summed E-state index contributed by atoms with van der Waals surface area (Å²) < 4.78 is 0. The van der Waals surface area contributed by atoms with Crippen LogP contribution in [0.15, 0.2) is 36.5 Å². The van der Waals surface area contributed by atoms with Crippen molar-refractivity contribution in [3.8, 4) is 5.69 Å². The van der Waals surface area contributed by atoms with E-state index >= 15 is 0 Å². The van der Waals surface area contributed by atoms with E-state index in [4.69, 9.17) is 0 Å². The molecule has 0 saturated heterocycles. The third kappa shape index (κ3) is 4.64. The van der Waals surface area contributed by atoms with Crippen molar-refractivity contribution in [2.24, 2.45) is 11.8 Å². The fourth-order valence-corrected chi connectivity index (χ4v) is 2.20. The maximum atomic E-state index is 12.1. The fraction of sp³-hybridized carbons (Fsp3) is 0.375. The zero-order valence-corrected chi connectivity index (χ0v) is 13.1. The average molecular weight is 316 g/mol. The molecule has 7 heteroatoms. The normalized spacial score (nSPS) is 12.1. The number of para-hydroxylation sites is 1. The first-order valence-electron chi connectivity index (χ1n) is 7.46. The second kappa shape index (κ2) is 7.53. The molecule has 1 heterocycles. The van der Waals surface area contributed by atoms with Gasteiger partial charge in [0.1, 0.15) is 0 Å². The van der Waals surface area contributed by atoms with Crippen LogP contribution >= 0.6 is 0 Å². The van der Waals surface area contributed by atoms with Gasteiger partial charge in [0.15, 0.2) is 5.69 Å². The van der Waals surface area contributed by atoms with Gasteiger partial charge >= 0.3 is 5.97 Å². The van der Waals surface area contributed by atoms with E-state index in [1.165, 1.54) is 11.0 Å². The molecule has 1 unspecified atom stereocenters. The number of rotatable bonds is 7. The quantitative estimate of drug-likeness (QED) is 0.811. The summed E-state index contributed by atoms with van der Waals surface area (Å²) in [6.45, 7) is 3.97. The molecule has 1 aromatic heterocycles. The Morgan fingerprint density at radius 3 is 2.57 bits per heavy atom. The number of aromatic nitrogens is 3. The third-order valence-corrected chi connectivity index (χ3v) is 3.33. The smallest absolute Gasteiger partial charge is 0.308 e. The largest absolute Gasteiger partial charge is 0.481 e. The van der Waals surface area contributed by atoms with Gasteiger partial charge in [0.2, 0.25) is 0 Å². The summed E-state index contributed by atoms with van der Waals surface area (Å²) in [6.07, 6.45) is 1.87. The molecule has 122 valence electrons. The fourth-order valence-electron chi connectivity index (χ4n) is 2.20. The topological polar surface area (TPSA) is 97.1 Å². The predicted molar refractivity (Wildman–Crippen MR) is 84.3 cm³/mol. The van der Waals surface area contributed by atoms with E-state index < -0.39 is 17.8 Å². The molecule has 0 aliphatic heterocycles. The summed E-state index contributed by atoms with van der Waals surface area (Å²) >= 11 is 0. The van der Waals surface area contributed by atoms with Crippen LogP contribution in [0.4, 0.5) is 0 Å². The van der Waals surface area contributed by atoms with Crippen LogP contribution in [0.25, 0.3) is 5.69 Å². The lowest BCUT2D eigenvalue weighted by molar-refractivity contribution is -0.142. The van der Waals surface area contributed by atoms with Crippen LogP contribution in [0, 0.1) is 11.8 Å². The second-order valence-electron chi connectivity index (χ2n) is 5.73. The molecule has 0 bridgehead atoms. The lowest BCUT2D eigenvalue weighted by Crippen LogP contribution is -2.33. The molecule has 0 aliphatic rings. The van der Waals surface area contributed by atoms with Crippen molar-refractivity contribution < 1.29 is 14.7 Å². The van der Waals surface area contributed by atoms with Crippen molar-refractivity contribution in [2.45, 2.75) is 20.3 Å². The number of benzene rings is 1. The molecule has 2 aromatic rings. The van der Waals surface area contributed by atoms with Crippen LogP contribution in [0.2, 0.25) is 0 Å². The maximum absolute atomic E-state index is 12.1. The number of carbonyl (C=O) groups excluding carboxylic acids is 1. The van der Waals surface area contributed by atoms with E-state index in [1.54, 1.807) is 0 Å². The predicted octanol–water partition coefficient (Wildman–Crippen LogP) is 1.74. The van der Waals surface area contributed by atoms with Crippen LogP contribution < -0.4 is 5.32 Å². The van der Waals surface area contributed by atoms with Gasteiger partial charge in [-0.25, -0.2) is 0 Å². The molecule has 0 spiro atoms. The summed E-state index contributed by atoms with van der Waals surface area (Å²) in [6, 6.07) is 9.22. The van der Waals surface area contributed by atoms with Gasteiger partial charge in [-0.2, -0.15) is 9.90 Å². The molecule has 0 fully saturated rings. The van der Waals surface area contributed by atoms with E-state index in [9.17, 15) is 14.7 Å². The van der Waals surface area contributed by atoms with Crippen LogP contribution in [0.5, 0.6) is 0 Å². The monoisotopic (exact) mass is 316 g/mol. The Balaban J connectivity index is 1.98. The molecule has 0 aliphatic carbocycles. The van der Waals surface area contributed by atoms with Gasteiger partial charge in [-0.05, 0) is 24.5 Å². The molecule has 7 nitrogen and oxygen atoms in total. The van der Waals surface area contributed by atoms with Crippen molar-refractivity contribution in [3.63, 3.8) is 0 Å². The molecule has 1 amide bonds. The Hall–Kier alpha value is -2.70. The summed E-state index contributed by atoms with van der Waals surface area (Å²) in [5.74, 6) is -1.70. The maximum Gasteiger partial charge on any atom is 0.308 e. The summed E-state index contributed by atoms with van der Waals surface area (Å²) in [5, 5.41) is 19.9. The van der Waals surface area contributed by atoms with Crippen LogP contribution in [-0.4, -0.2) is 38.5 Å². The first-order valence-corrected chi connectivity index (χ1v) is 7.46. The van der Waals surface area contributed by atoms with Crippen LogP contribution in [-0.2, 0) is 4.79 Å². The number of aliphatic carboxylic acids is 1. The highest BCUT2D eigenvalue weighted by atomic mass is 16.4. The Morgan fingerprint density at radius 1 is 1.26 bits per heavy atom. The number of carbonyl (C=O) groups is 2. The Kier molecular flexibility index (Phi) is 5.46. The molecular weight excluding hydrogens is 296 g/mol. The summed E-state index contributed by atoms with van der Waals surface area (Å²) in [4.78, 5) is 24.6. The summed E-state index contributed by atoms with van der Waals surface area (Å²) in [5.41, 5.74) is 0.900. The minimum atomic E-state index is -0.910. The van der Waals surface area contributed by atoms with Gasteiger partial charge in [0.25, 0.3) is 5.91 Å². The molecule has 2 N–H and O–H groups in total. The minimum Gasteiger partial charge on any atom is -0.481 e. The second-order valence-corrected chi connectivity index (χ2v) is 5.73. The SMILES string of the molecule is CC(C)CC(CNC(=O)c1cnn(-c2ccccc2)n1)C(=O)O. The number of nitrogens with one attached hydrogen (secondary N) is 1. The zero-order valence-electron chi connectivity index (χ0n) is 13.1. The Labute approximate surface area is 134 Å². The van der Waals surface area contributed by atoms with E-state index in [2.05, 4.69) is 15.5 Å². The first-order chi connectivity index (χ1) is 11.0. The standard InChI is InChI=1S/C16H20N4O3/c1-11(2)8-12(16(22)23)9-17-15(21)14-10-18-20(19-14)13-6-4-3-5-7-13/h3-7,10-12H,8-9H2,1-2H3,(H,17,21)(H,22,23). The highest BCUT2D eigenvalue weighted by Crippen LogP contribution is 2.11. The minimum absolute atomic E-state index is 0.0740. The van der Waals surface area contributed by atoms with Gasteiger partial charge in [0, 0.05) is 6.54 Å². The third-order valence-electron chi connectivity index (χ3n) is 3.33. The lowest BCUT2D eigenvalue weighted by atomic mass is 9.97. The van der Waals surface area contributed by atoms with E-state index in [0.29, 0.717) is 6.42 Å². The number of carboxylic acid groups (broad SMARTS) is 1. The first kappa shape index (κ1) is 16.7. The number of hydrogen-bond acceptors (Lipinski definition) is 4. The lowest BCUT2D eigenvalue weighted by Gasteiger charge is -2.14. The molecule has 1 atom stereocenters. The van der Waals surface area contributed by atoms with Crippen LogP contribution in [0.3, 0.4) is 0 Å². The summed E-state index contributed by atoms with van der Waals surface area (Å²) in [7, 11) is 0. The van der Waals surface area contributed by atoms with Gasteiger partial charge in [-0.1, -0.05) is 32.0 Å². The van der Waals surface area contributed by atoms with E-state index in [-0.39, 0.29) is 18.2 Å². The zero-order chi connectivity index (χ0) is 16.8. The van der Waals surface area contributed by atoms with Crippen molar-refractivity contribution in [2.75, 3.05) is 6.54 Å². The number of carboxylic acids is 1. The van der Waals surface area contributed by atoms with Crippen molar-refractivity contribution >= 4 is 11.9 Å².